The van der Waals surface area contributed by atoms with Crippen LogP contribution in [0.25, 0.3) is 11.2 Å². The Labute approximate surface area is 140 Å². The van der Waals surface area contributed by atoms with E-state index in [1.54, 1.807) is 0 Å². The Morgan fingerprint density at radius 2 is 1.64 bits per heavy atom. The summed E-state index contributed by atoms with van der Waals surface area (Å²) in [5.41, 5.74) is -0.305. The second-order valence-corrected chi connectivity index (χ2v) is 8.21. The molecule has 0 spiro atoms. The monoisotopic (exact) mass is 398 g/mol. The highest BCUT2D eigenvalue weighted by Crippen LogP contribution is 2.35. The Kier molecular flexibility index (Phi) is 6.25. The summed E-state index contributed by atoms with van der Waals surface area (Å²) in [5, 5.41) is 0. The molecule has 0 aliphatic heterocycles. The highest BCUT2D eigenvalue weighted by Gasteiger charge is 2.21. The quantitative estimate of drug-likeness (QED) is 0.324. The van der Waals surface area contributed by atoms with Crippen molar-refractivity contribution in [3.8, 4) is 0 Å². The minimum atomic E-state index is -4.39. The standard InChI is InChI=1S/C10H16N4O9P2/c15-10-8-9(11-3-12-10)14(4-13-8)7(1-22-5-24(16,17)18)2-23-6-25(19,20)21/h3-4,7H,1-2,5-6H2,(H,11,12,15)(H2,16,17,18)(H2,19,20,21). The van der Waals surface area contributed by atoms with Crippen LogP contribution in [0.2, 0.25) is 0 Å². The molecule has 0 aliphatic rings. The molecule has 2 rings (SSSR count). The number of fused-ring (bicyclic) bond motifs is 1. The summed E-state index contributed by atoms with van der Waals surface area (Å²) in [5.74, 6) is 0. The van der Waals surface area contributed by atoms with Crippen LogP contribution in [0.15, 0.2) is 17.4 Å². The van der Waals surface area contributed by atoms with Gasteiger partial charge in [0.05, 0.1) is 31.9 Å². The van der Waals surface area contributed by atoms with E-state index in [0.717, 1.165) is 6.33 Å². The molecule has 0 bridgehead atoms. The van der Waals surface area contributed by atoms with Crippen LogP contribution in [0.1, 0.15) is 6.04 Å². The van der Waals surface area contributed by atoms with Crippen LogP contribution in [0.5, 0.6) is 0 Å². The largest absolute Gasteiger partial charge is 0.367 e. The van der Waals surface area contributed by atoms with Gasteiger partial charge >= 0.3 is 15.2 Å². The van der Waals surface area contributed by atoms with E-state index in [-0.39, 0.29) is 24.4 Å². The zero-order valence-electron chi connectivity index (χ0n) is 12.6. The first kappa shape index (κ1) is 19.9. The van der Waals surface area contributed by atoms with Crippen molar-refractivity contribution in [3.63, 3.8) is 0 Å². The van der Waals surface area contributed by atoms with Crippen molar-refractivity contribution >= 4 is 26.4 Å². The topological polar surface area (TPSA) is 197 Å². The Balaban J connectivity index is 2.19. The number of aromatic amines is 1. The van der Waals surface area contributed by atoms with Crippen molar-refractivity contribution in [2.45, 2.75) is 6.04 Å². The second kappa shape index (κ2) is 7.85. The number of nitrogens with zero attached hydrogens (tertiary/aromatic N) is 3. The molecule has 0 amide bonds. The minimum absolute atomic E-state index is 0.0254. The third-order valence-electron chi connectivity index (χ3n) is 2.90. The van der Waals surface area contributed by atoms with E-state index in [2.05, 4.69) is 15.0 Å². The Bertz CT molecular complexity index is 841. The molecule has 140 valence electrons. The lowest BCUT2D eigenvalue weighted by molar-refractivity contribution is 0.0655. The van der Waals surface area contributed by atoms with E-state index in [0.29, 0.717) is 0 Å². The third kappa shape index (κ3) is 6.10. The summed E-state index contributed by atoms with van der Waals surface area (Å²) in [7, 11) is -8.78. The van der Waals surface area contributed by atoms with Crippen LogP contribution in [-0.4, -0.2) is 65.0 Å². The van der Waals surface area contributed by atoms with Gasteiger partial charge in [-0.2, -0.15) is 0 Å². The molecule has 2 heterocycles. The molecule has 0 aliphatic carbocycles. The fourth-order valence-corrected chi connectivity index (χ4v) is 2.64. The fraction of sp³-hybridized carbons (Fsp3) is 0.500. The molecule has 0 fully saturated rings. The molecule has 2 aromatic rings. The SMILES string of the molecule is O=c1[nH]cnc2c1ncn2C(COCP(=O)(O)O)COCP(=O)(O)O. The van der Waals surface area contributed by atoms with Crippen LogP contribution in [0, 0.1) is 0 Å². The number of rotatable bonds is 9. The summed E-state index contributed by atoms with van der Waals surface area (Å²) >= 11 is 0. The van der Waals surface area contributed by atoms with Crippen LogP contribution in [0.4, 0.5) is 0 Å². The third-order valence-corrected chi connectivity index (χ3v) is 3.94. The zero-order chi connectivity index (χ0) is 18.7. The van der Waals surface area contributed by atoms with Gasteiger partial charge in [0.15, 0.2) is 11.2 Å². The molecule has 0 saturated carbocycles. The predicted octanol–water partition coefficient (Wildman–Crippen LogP) is -1.04. The summed E-state index contributed by atoms with van der Waals surface area (Å²) in [6.45, 7) is -0.543. The molecule has 0 radical (unpaired) electrons. The second-order valence-electron chi connectivity index (χ2n) is 5.04. The highest BCUT2D eigenvalue weighted by atomic mass is 31.2. The molecule has 5 N–H and O–H groups in total. The van der Waals surface area contributed by atoms with E-state index < -0.39 is 39.5 Å². The van der Waals surface area contributed by atoms with Gasteiger partial charge in [-0.3, -0.25) is 13.9 Å². The lowest BCUT2D eigenvalue weighted by Gasteiger charge is -2.19. The van der Waals surface area contributed by atoms with Gasteiger partial charge in [0.1, 0.15) is 12.7 Å². The van der Waals surface area contributed by atoms with E-state index >= 15 is 0 Å². The summed E-state index contributed by atoms with van der Waals surface area (Å²) in [6.07, 6.45) is 0.706. The fourth-order valence-electron chi connectivity index (χ4n) is 1.95. The van der Waals surface area contributed by atoms with Gasteiger partial charge in [-0.25, -0.2) is 9.97 Å². The number of ether oxygens (including phenoxy) is 2. The summed E-state index contributed by atoms with van der Waals surface area (Å²) < 4.78 is 33.0. The van der Waals surface area contributed by atoms with Gasteiger partial charge in [-0.15, -0.1) is 0 Å². The van der Waals surface area contributed by atoms with E-state index in [9.17, 15) is 13.9 Å². The lowest BCUT2D eigenvalue weighted by Crippen LogP contribution is -2.22. The molecule has 13 nitrogen and oxygen atoms in total. The molecular weight excluding hydrogens is 382 g/mol. The number of hydrogen-bond acceptors (Lipinski definition) is 7. The van der Waals surface area contributed by atoms with Gasteiger partial charge in [0.25, 0.3) is 5.56 Å². The molecule has 0 aromatic carbocycles. The first-order valence-electron chi connectivity index (χ1n) is 6.72. The Morgan fingerprint density at radius 1 is 1.08 bits per heavy atom. The molecule has 0 saturated heterocycles. The van der Waals surface area contributed by atoms with Crippen molar-refractivity contribution in [1.82, 2.24) is 19.5 Å². The van der Waals surface area contributed by atoms with Gasteiger partial charge in [0, 0.05) is 0 Å². The normalized spacial score (nSPS) is 13.0. The van der Waals surface area contributed by atoms with Crippen molar-refractivity contribution in [2.24, 2.45) is 0 Å². The lowest BCUT2D eigenvalue weighted by atomic mass is 10.3. The van der Waals surface area contributed by atoms with Crippen LogP contribution in [-0.2, 0) is 18.6 Å². The van der Waals surface area contributed by atoms with Crippen molar-refractivity contribution < 1.29 is 38.2 Å². The van der Waals surface area contributed by atoms with E-state index in [1.807, 2.05) is 0 Å². The first-order valence-corrected chi connectivity index (χ1v) is 10.3. The Hall–Kier alpha value is -1.43. The number of hydrogen-bond donors (Lipinski definition) is 5. The predicted molar refractivity (Wildman–Crippen MR) is 82.9 cm³/mol. The zero-order valence-corrected chi connectivity index (χ0v) is 14.4. The maximum absolute atomic E-state index is 11.7. The van der Waals surface area contributed by atoms with Crippen molar-refractivity contribution in [2.75, 3.05) is 25.9 Å². The highest BCUT2D eigenvalue weighted by molar-refractivity contribution is 7.51. The number of H-pyrrole nitrogens is 1. The minimum Gasteiger partial charge on any atom is -0.367 e. The van der Waals surface area contributed by atoms with Gasteiger partial charge < -0.3 is 38.6 Å². The van der Waals surface area contributed by atoms with Gasteiger partial charge in [0.2, 0.25) is 0 Å². The number of aromatic nitrogens is 4. The van der Waals surface area contributed by atoms with Gasteiger partial charge in [-0.1, -0.05) is 0 Å². The average Bonchev–Trinajstić information content (AvgIpc) is 2.88. The van der Waals surface area contributed by atoms with Crippen LogP contribution >= 0.6 is 15.2 Å². The smallest absolute Gasteiger partial charge is 0.350 e. The number of imidazole rings is 1. The molecule has 2 aromatic heterocycles. The van der Waals surface area contributed by atoms with Crippen molar-refractivity contribution in [3.05, 3.63) is 23.0 Å². The summed E-state index contributed by atoms with van der Waals surface area (Å²) in [4.78, 5) is 57.2. The molecule has 15 heteroatoms. The van der Waals surface area contributed by atoms with Gasteiger partial charge in [-0.05, 0) is 0 Å². The summed E-state index contributed by atoms with van der Waals surface area (Å²) in [6, 6.07) is -0.780. The van der Waals surface area contributed by atoms with Crippen molar-refractivity contribution in [1.29, 1.82) is 0 Å². The maximum atomic E-state index is 11.7. The Morgan fingerprint density at radius 3 is 2.16 bits per heavy atom. The molecule has 25 heavy (non-hydrogen) atoms. The maximum Gasteiger partial charge on any atom is 0.350 e. The molecule has 0 atom stereocenters. The van der Waals surface area contributed by atoms with Crippen LogP contribution < -0.4 is 5.56 Å². The average molecular weight is 398 g/mol. The molecular formula is C10H16N4O9P2. The molecule has 0 unspecified atom stereocenters. The number of nitrogens with one attached hydrogen (secondary N) is 1. The first-order chi connectivity index (χ1) is 11.6. The van der Waals surface area contributed by atoms with E-state index in [1.165, 1.54) is 10.9 Å². The van der Waals surface area contributed by atoms with Crippen LogP contribution in [0.3, 0.4) is 0 Å². The van der Waals surface area contributed by atoms with E-state index in [4.69, 9.17) is 29.0 Å².